The lowest BCUT2D eigenvalue weighted by atomic mass is 10.0. The smallest absolute Gasteiger partial charge is 0.319 e. The molecule has 9 heteroatoms. The number of carbonyl (C=O) groups excluding carboxylic acids is 3. The zero-order valence-corrected chi connectivity index (χ0v) is 16.0. The number of urea groups is 1. The summed E-state index contributed by atoms with van der Waals surface area (Å²) in [5.74, 6) is -0.720. The minimum atomic E-state index is -0.690. The summed E-state index contributed by atoms with van der Waals surface area (Å²) in [6.45, 7) is 0.236. The van der Waals surface area contributed by atoms with Gasteiger partial charge in [0.1, 0.15) is 23.7 Å². The second-order valence-electron chi connectivity index (χ2n) is 7.48. The normalized spacial score (nSPS) is 23.0. The number of phenolic OH excluding ortho intramolecular Hbond substituents is 1. The molecule has 2 aliphatic rings. The van der Waals surface area contributed by atoms with E-state index in [1.54, 1.807) is 12.1 Å². The van der Waals surface area contributed by atoms with Crippen LogP contribution in [0.2, 0.25) is 0 Å². The molecule has 0 unspecified atom stereocenters. The van der Waals surface area contributed by atoms with E-state index < -0.39 is 23.9 Å². The van der Waals surface area contributed by atoms with Gasteiger partial charge in [0.25, 0.3) is 0 Å². The Labute approximate surface area is 172 Å². The molecule has 156 valence electrons. The number of halogens is 1. The molecule has 4 N–H and O–H groups in total. The first-order valence-electron chi connectivity index (χ1n) is 9.61. The highest BCUT2D eigenvalue weighted by Gasteiger charge is 2.46. The molecule has 0 saturated carbocycles. The van der Waals surface area contributed by atoms with E-state index in [-0.39, 0.29) is 30.2 Å². The Morgan fingerprint density at radius 2 is 1.83 bits per heavy atom. The number of hydrogen-bond acceptors (Lipinski definition) is 4. The maximum absolute atomic E-state index is 13.0. The number of anilines is 1. The van der Waals surface area contributed by atoms with Crippen LogP contribution in [0.5, 0.6) is 5.75 Å². The monoisotopic (exact) mass is 412 g/mol. The molecule has 2 heterocycles. The van der Waals surface area contributed by atoms with Crippen molar-refractivity contribution in [3.63, 3.8) is 0 Å². The molecule has 2 aromatic carbocycles. The summed E-state index contributed by atoms with van der Waals surface area (Å²) >= 11 is 0. The van der Waals surface area contributed by atoms with E-state index in [1.165, 1.54) is 41.3 Å². The fourth-order valence-corrected chi connectivity index (χ4v) is 3.85. The van der Waals surface area contributed by atoms with E-state index >= 15 is 0 Å². The first-order chi connectivity index (χ1) is 14.4. The van der Waals surface area contributed by atoms with E-state index in [0.717, 1.165) is 5.56 Å². The van der Waals surface area contributed by atoms with E-state index in [9.17, 15) is 23.9 Å². The third kappa shape index (κ3) is 4.19. The SMILES string of the molecule is O=C(Nc1ccc(F)cc1)N[C@H]1C[C@H]2C(=O)N[C@@H](Cc3ccc(O)cc3)C(=O)N2C1. The highest BCUT2D eigenvalue weighted by Crippen LogP contribution is 2.24. The number of nitrogens with one attached hydrogen (secondary N) is 3. The minimum absolute atomic E-state index is 0.130. The van der Waals surface area contributed by atoms with Gasteiger partial charge in [-0.15, -0.1) is 0 Å². The van der Waals surface area contributed by atoms with E-state index in [1.807, 2.05) is 0 Å². The lowest BCUT2D eigenvalue weighted by Gasteiger charge is -2.34. The van der Waals surface area contributed by atoms with E-state index in [0.29, 0.717) is 18.5 Å². The predicted molar refractivity (Wildman–Crippen MR) is 106 cm³/mol. The minimum Gasteiger partial charge on any atom is -0.508 e. The summed E-state index contributed by atoms with van der Waals surface area (Å²) in [5, 5.41) is 17.5. The van der Waals surface area contributed by atoms with Crippen molar-refractivity contribution in [2.45, 2.75) is 31.0 Å². The average Bonchev–Trinajstić information content (AvgIpc) is 3.14. The van der Waals surface area contributed by atoms with Crippen LogP contribution in [0.4, 0.5) is 14.9 Å². The largest absolute Gasteiger partial charge is 0.508 e. The second-order valence-corrected chi connectivity index (χ2v) is 7.48. The Morgan fingerprint density at radius 1 is 1.13 bits per heavy atom. The van der Waals surface area contributed by atoms with Gasteiger partial charge in [-0.2, -0.15) is 0 Å². The van der Waals surface area contributed by atoms with Crippen LogP contribution in [0.3, 0.4) is 0 Å². The number of phenols is 1. The summed E-state index contributed by atoms with van der Waals surface area (Å²) in [6.07, 6.45) is 0.636. The topological polar surface area (TPSA) is 111 Å². The quantitative estimate of drug-likeness (QED) is 0.608. The second kappa shape index (κ2) is 8.02. The van der Waals surface area contributed by atoms with Crippen molar-refractivity contribution < 1.29 is 23.9 Å². The van der Waals surface area contributed by atoms with Gasteiger partial charge in [-0.1, -0.05) is 12.1 Å². The van der Waals surface area contributed by atoms with Gasteiger partial charge in [-0.3, -0.25) is 9.59 Å². The molecule has 2 aromatic rings. The number of rotatable bonds is 4. The number of nitrogens with zero attached hydrogens (tertiary/aromatic N) is 1. The highest BCUT2D eigenvalue weighted by atomic mass is 19.1. The molecule has 2 fully saturated rings. The van der Waals surface area contributed by atoms with Crippen molar-refractivity contribution in [1.29, 1.82) is 0 Å². The van der Waals surface area contributed by atoms with Crippen LogP contribution in [0.1, 0.15) is 12.0 Å². The molecule has 8 nitrogen and oxygen atoms in total. The lowest BCUT2D eigenvalue weighted by Crippen LogP contribution is -2.61. The van der Waals surface area contributed by atoms with E-state index in [4.69, 9.17) is 0 Å². The number of fused-ring (bicyclic) bond motifs is 1. The number of piperazine rings is 1. The Hall–Kier alpha value is -3.62. The molecule has 0 aromatic heterocycles. The van der Waals surface area contributed by atoms with Gasteiger partial charge in [0, 0.05) is 18.7 Å². The summed E-state index contributed by atoms with van der Waals surface area (Å²) in [7, 11) is 0. The molecule has 0 radical (unpaired) electrons. The average molecular weight is 412 g/mol. The Bertz CT molecular complexity index is 964. The van der Waals surface area contributed by atoms with Gasteiger partial charge in [0.05, 0.1) is 6.04 Å². The van der Waals surface area contributed by atoms with Gasteiger partial charge in [0.15, 0.2) is 0 Å². The molecule has 4 amide bonds. The predicted octanol–water partition coefficient (Wildman–Crippen LogP) is 1.36. The molecular weight excluding hydrogens is 391 g/mol. The molecule has 3 atom stereocenters. The zero-order chi connectivity index (χ0) is 21.3. The lowest BCUT2D eigenvalue weighted by molar-refractivity contribution is -0.147. The summed E-state index contributed by atoms with van der Waals surface area (Å²) in [5.41, 5.74) is 1.25. The number of benzene rings is 2. The third-order valence-corrected chi connectivity index (χ3v) is 5.31. The van der Waals surface area contributed by atoms with Crippen molar-refractivity contribution in [1.82, 2.24) is 15.5 Å². The van der Waals surface area contributed by atoms with Gasteiger partial charge < -0.3 is 26.0 Å². The number of hydrogen-bond donors (Lipinski definition) is 4. The van der Waals surface area contributed by atoms with Crippen LogP contribution in [-0.2, 0) is 16.0 Å². The number of amides is 4. The Morgan fingerprint density at radius 3 is 2.53 bits per heavy atom. The first-order valence-corrected chi connectivity index (χ1v) is 9.61. The van der Waals surface area contributed by atoms with Crippen LogP contribution < -0.4 is 16.0 Å². The molecule has 0 spiro atoms. The molecular formula is C21H21FN4O4. The Balaban J connectivity index is 1.36. The van der Waals surface area contributed by atoms with Gasteiger partial charge in [0.2, 0.25) is 11.8 Å². The summed E-state index contributed by atoms with van der Waals surface area (Å²) in [4.78, 5) is 39.1. The fraction of sp³-hybridized carbons (Fsp3) is 0.286. The van der Waals surface area contributed by atoms with Crippen LogP contribution in [-0.4, -0.2) is 52.5 Å². The maximum atomic E-state index is 13.0. The summed E-state index contributed by atoms with van der Waals surface area (Å²) < 4.78 is 13.0. The molecule has 2 saturated heterocycles. The van der Waals surface area contributed by atoms with Crippen LogP contribution in [0.25, 0.3) is 0 Å². The molecule has 30 heavy (non-hydrogen) atoms. The third-order valence-electron chi connectivity index (χ3n) is 5.31. The summed E-state index contributed by atoms with van der Waals surface area (Å²) in [6, 6.07) is 9.66. The number of carbonyl (C=O) groups is 3. The fourth-order valence-electron chi connectivity index (χ4n) is 3.85. The van der Waals surface area contributed by atoms with Gasteiger partial charge >= 0.3 is 6.03 Å². The van der Waals surface area contributed by atoms with Crippen molar-refractivity contribution in [3.05, 3.63) is 59.9 Å². The van der Waals surface area contributed by atoms with Gasteiger partial charge in [-0.05, 0) is 48.4 Å². The molecule has 0 aliphatic carbocycles. The number of aromatic hydroxyl groups is 1. The zero-order valence-electron chi connectivity index (χ0n) is 16.0. The molecule has 2 aliphatic heterocycles. The highest BCUT2D eigenvalue weighted by molar-refractivity contribution is 5.98. The first kappa shape index (κ1) is 19.7. The van der Waals surface area contributed by atoms with E-state index in [2.05, 4.69) is 16.0 Å². The van der Waals surface area contributed by atoms with Crippen LogP contribution in [0.15, 0.2) is 48.5 Å². The van der Waals surface area contributed by atoms with Crippen LogP contribution in [0, 0.1) is 5.82 Å². The standard InChI is InChI=1S/C21H21FN4O4/c22-13-3-5-14(6-4-13)23-21(30)24-15-10-18-19(28)25-17(20(29)26(18)11-15)9-12-1-7-16(27)8-2-12/h1-8,15,17-18,27H,9-11H2,(H,25,28)(H2,23,24,30)/t15-,17-,18-/m0/s1. The maximum Gasteiger partial charge on any atom is 0.319 e. The van der Waals surface area contributed by atoms with Crippen molar-refractivity contribution in [2.24, 2.45) is 0 Å². The van der Waals surface area contributed by atoms with Crippen LogP contribution >= 0.6 is 0 Å². The van der Waals surface area contributed by atoms with Crippen molar-refractivity contribution in [3.8, 4) is 5.75 Å². The van der Waals surface area contributed by atoms with Crippen molar-refractivity contribution >= 4 is 23.5 Å². The Kier molecular flexibility index (Phi) is 5.26. The molecule has 0 bridgehead atoms. The van der Waals surface area contributed by atoms with Gasteiger partial charge in [-0.25, -0.2) is 9.18 Å². The molecule has 4 rings (SSSR count). The van der Waals surface area contributed by atoms with Crippen molar-refractivity contribution in [2.75, 3.05) is 11.9 Å².